The zero-order chi connectivity index (χ0) is 10.6. The van der Waals surface area contributed by atoms with Gasteiger partial charge in [-0.1, -0.05) is 17.7 Å². The zero-order valence-electron chi connectivity index (χ0n) is 8.36. The smallest absolute Gasteiger partial charge is 0.309 e. The molecule has 0 amide bonds. The molecule has 0 aliphatic rings. The molecule has 1 aromatic carbocycles. The van der Waals surface area contributed by atoms with Crippen LogP contribution in [0.2, 0.25) is 0 Å². The number of ether oxygens (including phenoxy) is 1. The van der Waals surface area contributed by atoms with Crippen molar-refractivity contribution in [1.82, 2.24) is 0 Å². The molecule has 3 heteroatoms. The third-order valence-corrected chi connectivity index (χ3v) is 1.94. The molecular formula is C11H14O3. The molecule has 0 saturated heterocycles. The summed E-state index contributed by atoms with van der Waals surface area (Å²) in [7, 11) is 0. The molecule has 0 heterocycles. The van der Waals surface area contributed by atoms with Gasteiger partial charge >= 0.3 is 5.97 Å². The van der Waals surface area contributed by atoms with Crippen LogP contribution >= 0.6 is 0 Å². The monoisotopic (exact) mass is 194 g/mol. The van der Waals surface area contributed by atoms with Gasteiger partial charge in [-0.05, 0) is 26.0 Å². The maximum absolute atomic E-state index is 10.5. The molecule has 0 unspecified atom stereocenters. The number of hydrogen-bond donors (Lipinski definition) is 1. The van der Waals surface area contributed by atoms with Crippen LogP contribution in [0, 0.1) is 12.8 Å². The van der Waals surface area contributed by atoms with Gasteiger partial charge in [-0.2, -0.15) is 0 Å². The van der Waals surface area contributed by atoms with Crippen molar-refractivity contribution in [2.24, 2.45) is 5.92 Å². The molecule has 14 heavy (non-hydrogen) atoms. The molecule has 1 aromatic rings. The van der Waals surface area contributed by atoms with Gasteiger partial charge in [0.05, 0.1) is 5.92 Å². The fraction of sp³-hybridized carbons (Fsp3) is 0.364. The molecule has 0 aliphatic carbocycles. The molecule has 0 bridgehead atoms. The Morgan fingerprint density at radius 1 is 1.43 bits per heavy atom. The third-order valence-electron chi connectivity index (χ3n) is 1.94. The first-order valence-electron chi connectivity index (χ1n) is 4.52. The van der Waals surface area contributed by atoms with Crippen LogP contribution in [0.5, 0.6) is 5.75 Å². The molecule has 0 radical (unpaired) electrons. The van der Waals surface area contributed by atoms with Crippen LogP contribution in [0.3, 0.4) is 0 Å². The van der Waals surface area contributed by atoms with E-state index in [1.165, 1.54) is 0 Å². The second kappa shape index (κ2) is 4.65. The summed E-state index contributed by atoms with van der Waals surface area (Å²) in [4.78, 5) is 10.5. The highest BCUT2D eigenvalue weighted by atomic mass is 16.5. The van der Waals surface area contributed by atoms with Gasteiger partial charge < -0.3 is 9.84 Å². The lowest BCUT2D eigenvalue weighted by Gasteiger charge is -2.08. The van der Waals surface area contributed by atoms with Gasteiger partial charge in [-0.3, -0.25) is 4.79 Å². The first kappa shape index (κ1) is 10.6. The van der Waals surface area contributed by atoms with Gasteiger partial charge in [0, 0.05) is 0 Å². The average molecular weight is 194 g/mol. The number of carbonyl (C=O) groups is 1. The van der Waals surface area contributed by atoms with E-state index < -0.39 is 11.9 Å². The third kappa shape index (κ3) is 3.09. The Balaban J connectivity index is 2.46. The minimum Gasteiger partial charge on any atom is -0.493 e. The zero-order valence-corrected chi connectivity index (χ0v) is 8.36. The van der Waals surface area contributed by atoms with Gasteiger partial charge in [-0.25, -0.2) is 0 Å². The second-order valence-corrected chi connectivity index (χ2v) is 3.36. The fourth-order valence-corrected chi connectivity index (χ4v) is 0.927. The van der Waals surface area contributed by atoms with E-state index in [2.05, 4.69) is 0 Å². The SMILES string of the molecule is Cc1ccc(OC[C@@H](C)C(=O)O)cc1. The summed E-state index contributed by atoms with van der Waals surface area (Å²) in [5.41, 5.74) is 1.16. The Morgan fingerprint density at radius 2 is 2.00 bits per heavy atom. The topological polar surface area (TPSA) is 46.5 Å². The van der Waals surface area contributed by atoms with E-state index in [-0.39, 0.29) is 6.61 Å². The molecule has 0 aliphatic heterocycles. The quantitative estimate of drug-likeness (QED) is 0.798. The minimum atomic E-state index is -0.836. The normalized spacial score (nSPS) is 12.1. The van der Waals surface area contributed by atoms with Crippen molar-refractivity contribution in [3.8, 4) is 5.75 Å². The largest absolute Gasteiger partial charge is 0.493 e. The molecule has 3 nitrogen and oxygen atoms in total. The van der Waals surface area contributed by atoms with Crippen molar-refractivity contribution >= 4 is 5.97 Å². The van der Waals surface area contributed by atoms with Crippen LogP contribution in [-0.2, 0) is 4.79 Å². The Hall–Kier alpha value is -1.51. The van der Waals surface area contributed by atoms with E-state index in [4.69, 9.17) is 9.84 Å². The van der Waals surface area contributed by atoms with Crippen molar-refractivity contribution in [2.45, 2.75) is 13.8 Å². The molecule has 1 rings (SSSR count). The molecule has 1 atom stereocenters. The minimum absolute atomic E-state index is 0.207. The summed E-state index contributed by atoms with van der Waals surface area (Å²) in [6, 6.07) is 7.54. The Labute approximate surface area is 83.3 Å². The first-order chi connectivity index (χ1) is 6.59. The Morgan fingerprint density at radius 3 is 2.50 bits per heavy atom. The summed E-state index contributed by atoms with van der Waals surface area (Å²) in [5.74, 6) is -0.600. The highest BCUT2D eigenvalue weighted by molar-refractivity contribution is 5.69. The van der Waals surface area contributed by atoms with Gasteiger partial charge in [0.2, 0.25) is 0 Å². The Bertz CT molecular complexity index is 303. The number of hydrogen-bond acceptors (Lipinski definition) is 2. The van der Waals surface area contributed by atoms with E-state index in [0.29, 0.717) is 5.75 Å². The molecular weight excluding hydrogens is 180 g/mol. The molecule has 0 spiro atoms. The fourth-order valence-electron chi connectivity index (χ4n) is 0.927. The highest BCUT2D eigenvalue weighted by Gasteiger charge is 2.10. The summed E-state index contributed by atoms with van der Waals surface area (Å²) >= 11 is 0. The van der Waals surface area contributed by atoms with E-state index >= 15 is 0 Å². The van der Waals surface area contributed by atoms with Crippen molar-refractivity contribution in [2.75, 3.05) is 6.61 Å². The lowest BCUT2D eigenvalue weighted by molar-refractivity contribution is -0.142. The van der Waals surface area contributed by atoms with Crippen molar-refractivity contribution < 1.29 is 14.6 Å². The summed E-state index contributed by atoms with van der Waals surface area (Å²) < 4.78 is 5.30. The molecule has 0 aromatic heterocycles. The van der Waals surface area contributed by atoms with Crippen molar-refractivity contribution in [3.63, 3.8) is 0 Å². The van der Waals surface area contributed by atoms with E-state index in [1.807, 2.05) is 31.2 Å². The van der Waals surface area contributed by atoms with E-state index in [1.54, 1.807) is 6.92 Å². The predicted molar refractivity (Wildman–Crippen MR) is 53.5 cm³/mol. The number of benzene rings is 1. The van der Waals surface area contributed by atoms with Crippen LogP contribution < -0.4 is 4.74 Å². The molecule has 0 fully saturated rings. The first-order valence-corrected chi connectivity index (χ1v) is 4.52. The lowest BCUT2D eigenvalue weighted by atomic mass is 10.2. The Kier molecular flexibility index (Phi) is 3.51. The van der Waals surface area contributed by atoms with Crippen LogP contribution in [0.4, 0.5) is 0 Å². The van der Waals surface area contributed by atoms with Crippen LogP contribution in [0.25, 0.3) is 0 Å². The van der Waals surface area contributed by atoms with Gasteiger partial charge in [0.1, 0.15) is 12.4 Å². The second-order valence-electron chi connectivity index (χ2n) is 3.36. The highest BCUT2D eigenvalue weighted by Crippen LogP contribution is 2.12. The number of carboxylic acids is 1. The van der Waals surface area contributed by atoms with E-state index in [9.17, 15) is 4.79 Å². The number of rotatable bonds is 4. The van der Waals surface area contributed by atoms with Gasteiger partial charge in [0.25, 0.3) is 0 Å². The summed E-state index contributed by atoms with van der Waals surface area (Å²) in [5, 5.41) is 8.62. The summed E-state index contributed by atoms with van der Waals surface area (Å²) in [6.45, 7) is 3.82. The molecule has 0 saturated carbocycles. The number of carboxylic acid groups (broad SMARTS) is 1. The number of aliphatic carboxylic acids is 1. The maximum atomic E-state index is 10.5. The molecule has 1 N–H and O–H groups in total. The maximum Gasteiger partial charge on any atom is 0.309 e. The average Bonchev–Trinajstić information content (AvgIpc) is 2.16. The molecule has 76 valence electrons. The van der Waals surface area contributed by atoms with Gasteiger partial charge in [0.15, 0.2) is 0 Å². The predicted octanol–water partition coefficient (Wildman–Crippen LogP) is 2.09. The van der Waals surface area contributed by atoms with Crippen molar-refractivity contribution in [1.29, 1.82) is 0 Å². The van der Waals surface area contributed by atoms with Crippen LogP contribution in [-0.4, -0.2) is 17.7 Å². The van der Waals surface area contributed by atoms with Crippen LogP contribution in [0.1, 0.15) is 12.5 Å². The van der Waals surface area contributed by atoms with E-state index in [0.717, 1.165) is 5.56 Å². The number of aryl methyl sites for hydroxylation is 1. The lowest BCUT2D eigenvalue weighted by Crippen LogP contribution is -2.17. The van der Waals surface area contributed by atoms with Gasteiger partial charge in [-0.15, -0.1) is 0 Å². The summed E-state index contributed by atoms with van der Waals surface area (Å²) in [6.07, 6.45) is 0. The standard InChI is InChI=1S/C11H14O3/c1-8-3-5-10(6-4-8)14-7-9(2)11(12)13/h3-6,9H,7H2,1-2H3,(H,12,13)/t9-/m1/s1. The van der Waals surface area contributed by atoms with Crippen molar-refractivity contribution in [3.05, 3.63) is 29.8 Å². The van der Waals surface area contributed by atoms with Crippen LogP contribution in [0.15, 0.2) is 24.3 Å².